The number of nitrogens with one attached hydrogen (secondary N) is 1. The third kappa shape index (κ3) is 4.45. The summed E-state index contributed by atoms with van der Waals surface area (Å²) in [5, 5.41) is 4.73. The fraction of sp³-hybridized carbons (Fsp3) is 0.379. The Kier molecular flexibility index (Phi) is 6.62. The molecule has 1 saturated heterocycles. The third-order valence-electron chi connectivity index (χ3n) is 7.55. The molecule has 35 heavy (non-hydrogen) atoms. The third-order valence-corrected chi connectivity index (χ3v) is 7.55. The Balaban J connectivity index is 1.44. The molecule has 2 amide bonds. The number of fused-ring (bicyclic) bond motifs is 2. The van der Waals surface area contributed by atoms with Crippen LogP contribution in [0.4, 0.5) is 5.69 Å². The molecule has 6 nitrogen and oxygen atoms in total. The number of piperidine rings is 1. The van der Waals surface area contributed by atoms with Crippen molar-refractivity contribution >= 4 is 28.3 Å². The summed E-state index contributed by atoms with van der Waals surface area (Å²) in [6, 6.07) is 16.9. The highest BCUT2D eigenvalue weighted by molar-refractivity contribution is 6.14. The van der Waals surface area contributed by atoms with Crippen molar-refractivity contribution in [3.8, 4) is 11.5 Å². The van der Waals surface area contributed by atoms with Crippen molar-refractivity contribution in [3.63, 3.8) is 0 Å². The van der Waals surface area contributed by atoms with Gasteiger partial charge in [-0.2, -0.15) is 0 Å². The highest BCUT2D eigenvalue weighted by atomic mass is 16.5. The van der Waals surface area contributed by atoms with Gasteiger partial charge in [-0.25, -0.2) is 0 Å². The molecule has 0 aromatic heterocycles. The number of hydrogen-bond acceptors (Lipinski definition) is 4. The second-order valence-electron chi connectivity index (χ2n) is 9.48. The maximum absolute atomic E-state index is 13.8. The Morgan fingerprint density at radius 1 is 0.857 bits per heavy atom. The van der Waals surface area contributed by atoms with E-state index in [1.54, 1.807) is 32.4 Å². The summed E-state index contributed by atoms with van der Waals surface area (Å²) in [5.41, 5.74) is 1.84. The van der Waals surface area contributed by atoms with E-state index in [1.807, 2.05) is 36.4 Å². The molecule has 0 unspecified atom stereocenters. The lowest BCUT2D eigenvalue weighted by atomic mass is 9.78. The number of amides is 2. The van der Waals surface area contributed by atoms with E-state index in [9.17, 15) is 9.59 Å². The summed E-state index contributed by atoms with van der Waals surface area (Å²) in [6.45, 7) is 0.826. The number of carbonyl (C=O) groups excluding carboxylic acids is 2. The Labute approximate surface area is 206 Å². The monoisotopic (exact) mass is 472 g/mol. The molecule has 3 aromatic carbocycles. The summed E-state index contributed by atoms with van der Waals surface area (Å²) >= 11 is 0. The van der Waals surface area contributed by atoms with Crippen molar-refractivity contribution in [1.82, 2.24) is 4.90 Å². The zero-order valence-electron chi connectivity index (χ0n) is 20.4. The van der Waals surface area contributed by atoms with E-state index in [1.165, 1.54) is 25.7 Å². The minimum Gasteiger partial charge on any atom is -0.493 e. The van der Waals surface area contributed by atoms with Gasteiger partial charge in [0.15, 0.2) is 11.5 Å². The van der Waals surface area contributed by atoms with E-state index in [2.05, 4.69) is 10.2 Å². The number of nitrogens with zero attached hydrogens (tertiary/aromatic N) is 1. The van der Waals surface area contributed by atoms with Crippen molar-refractivity contribution in [1.29, 1.82) is 0 Å². The average Bonchev–Trinajstić information content (AvgIpc) is 2.92. The molecule has 1 saturated carbocycles. The number of anilines is 1. The molecule has 2 fully saturated rings. The first kappa shape index (κ1) is 23.2. The van der Waals surface area contributed by atoms with Gasteiger partial charge in [0.05, 0.1) is 14.2 Å². The maximum atomic E-state index is 13.8. The first-order valence-corrected chi connectivity index (χ1v) is 12.5. The smallest absolute Gasteiger partial charge is 0.255 e. The Morgan fingerprint density at radius 3 is 2.40 bits per heavy atom. The summed E-state index contributed by atoms with van der Waals surface area (Å²) < 4.78 is 10.6. The van der Waals surface area contributed by atoms with E-state index in [-0.39, 0.29) is 11.8 Å². The minimum absolute atomic E-state index is 0.107. The van der Waals surface area contributed by atoms with E-state index < -0.39 is 0 Å². The lowest BCUT2D eigenvalue weighted by Gasteiger charge is -2.44. The van der Waals surface area contributed by atoms with Crippen LogP contribution in [-0.2, 0) is 0 Å². The van der Waals surface area contributed by atoms with E-state index in [4.69, 9.17) is 9.47 Å². The van der Waals surface area contributed by atoms with Crippen LogP contribution in [0.3, 0.4) is 0 Å². The van der Waals surface area contributed by atoms with Crippen LogP contribution in [0.15, 0.2) is 54.6 Å². The number of likely N-dealkylation sites (tertiary alicyclic amines) is 1. The van der Waals surface area contributed by atoms with E-state index in [0.29, 0.717) is 40.3 Å². The standard InChI is InChI=1S/C29H32N2O4/c1-34-26-16-13-20(18-27(26)35-2)28(32)30-24-15-14-23(21-10-4-5-11-22(21)24)29(33)31-17-7-9-19-8-3-6-12-25(19)31/h4-5,10-11,13-16,18-19,25H,3,6-9,12,17H2,1-2H3,(H,30,32)/t19-,25+/m0/s1. The fourth-order valence-electron chi connectivity index (χ4n) is 5.80. The van der Waals surface area contributed by atoms with Crippen LogP contribution in [-0.4, -0.2) is 43.5 Å². The van der Waals surface area contributed by atoms with Crippen LogP contribution in [0, 0.1) is 5.92 Å². The van der Waals surface area contributed by atoms with Gasteiger partial charge in [0.1, 0.15) is 0 Å². The van der Waals surface area contributed by atoms with Gasteiger partial charge in [0, 0.05) is 34.8 Å². The van der Waals surface area contributed by atoms with Gasteiger partial charge in [0.25, 0.3) is 11.8 Å². The molecule has 1 heterocycles. The molecular weight excluding hydrogens is 440 g/mol. The molecule has 2 atom stereocenters. The lowest BCUT2D eigenvalue weighted by molar-refractivity contribution is 0.0392. The zero-order valence-corrected chi connectivity index (χ0v) is 20.4. The Bertz CT molecular complexity index is 1250. The minimum atomic E-state index is -0.253. The molecule has 0 bridgehead atoms. The zero-order chi connectivity index (χ0) is 24.4. The Hall–Kier alpha value is -3.54. The summed E-state index contributed by atoms with van der Waals surface area (Å²) in [4.78, 5) is 29.0. The van der Waals surface area contributed by atoms with E-state index >= 15 is 0 Å². The van der Waals surface area contributed by atoms with Gasteiger partial charge >= 0.3 is 0 Å². The number of carbonyl (C=O) groups is 2. The van der Waals surface area contributed by atoms with Crippen LogP contribution in [0.5, 0.6) is 11.5 Å². The second-order valence-corrected chi connectivity index (χ2v) is 9.48. The highest BCUT2D eigenvalue weighted by Gasteiger charge is 2.36. The molecule has 0 radical (unpaired) electrons. The van der Waals surface area contributed by atoms with Crippen molar-refractivity contribution < 1.29 is 19.1 Å². The number of hydrogen-bond donors (Lipinski definition) is 1. The summed E-state index contributed by atoms with van der Waals surface area (Å²) in [5.74, 6) is 1.54. The number of methoxy groups -OCH3 is 2. The predicted octanol–water partition coefficient (Wildman–Crippen LogP) is 5.90. The van der Waals surface area contributed by atoms with Gasteiger partial charge in [-0.15, -0.1) is 0 Å². The van der Waals surface area contributed by atoms with Crippen molar-refractivity contribution in [2.75, 3.05) is 26.1 Å². The number of rotatable bonds is 5. The predicted molar refractivity (Wildman–Crippen MR) is 137 cm³/mol. The second kappa shape index (κ2) is 9.98. The Morgan fingerprint density at radius 2 is 1.60 bits per heavy atom. The van der Waals surface area contributed by atoms with Crippen LogP contribution in [0.2, 0.25) is 0 Å². The van der Waals surface area contributed by atoms with E-state index in [0.717, 1.165) is 30.2 Å². The first-order valence-electron chi connectivity index (χ1n) is 12.5. The van der Waals surface area contributed by atoms with Gasteiger partial charge in [-0.3, -0.25) is 9.59 Å². The van der Waals surface area contributed by atoms with Gasteiger partial charge in [-0.05, 0) is 67.3 Å². The lowest BCUT2D eigenvalue weighted by Crippen LogP contribution is -2.49. The normalized spacial score (nSPS) is 19.7. The van der Waals surface area contributed by atoms with Crippen molar-refractivity contribution in [3.05, 3.63) is 65.7 Å². The molecule has 1 aliphatic carbocycles. The molecule has 3 aromatic rings. The first-order chi connectivity index (χ1) is 17.1. The highest BCUT2D eigenvalue weighted by Crippen LogP contribution is 2.37. The van der Waals surface area contributed by atoms with Gasteiger partial charge < -0.3 is 19.7 Å². The molecule has 0 spiro atoms. The molecule has 1 N–H and O–H groups in total. The van der Waals surface area contributed by atoms with Crippen LogP contribution in [0.1, 0.15) is 59.2 Å². The van der Waals surface area contributed by atoms with Gasteiger partial charge in [0.2, 0.25) is 0 Å². The fourth-order valence-corrected chi connectivity index (χ4v) is 5.80. The number of benzene rings is 3. The number of ether oxygens (including phenoxy) is 2. The molecule has 2 aliphatic rings. The average molecular weight is 473 g/mol. The largest absolute Gasteiger partial charge is 0.493 e. The van der Waals surface area contributed by atoms with Gasteiger partial charge in [-0.1, -0.05) is 37.1 Å². The summed E-state index contributed by atoms with van der Waals surface area (Å²) in [6.07, 6.45) is 7.12. The molecule has 5 rings (SSSR count). The summed E-state index contributed by atoms with van der Waals surface area (Å²) in [7, 11) is 3.10. The molecular formula is C29H32N2O4. The van der Waals surface area contributed by atoms with Crippen LogP contribution >= 0.6 is 0 Å². The molecule has 6 heteroatoms. The quantitative estimate of drug-likeness (QED) is 0.502. The van der Waals surface area contributed by atoms with Crippen molar-refractivity contribution in [2.24, 2.45) is 5.92 Å². The van der Waals surface area contributed by atoms with Crippen LogP contribution < -0.4 is 14.8 Å². The van der Waals surface area contributed by atoms with Crippen molar-refractivity contribution in [2.45, 2.75) is 44.6 Å². The van der Waals surface area contributed by atoms with Crippen LogP contribution in [0.25, 0.3) is 10.8 Å². The topological polar surface area (TPSA) is 67.9 Å². The maximum Gasteiger partial charge on any atom is 0.255 e. The molecule has 1 aliphatic heterocycles. The SMILES string of the molecule is COc1ccc(C(=O)Nc2ccc(C(=O)N3CCC[C@@H]4CCCC[C@H]43)c3ccccc23)cc1OC. The molecule has 182 valence electrons.